The molecule has 8 heteroatoms. The van der Waals surface area contributed by atoms with Crippen molar-refractivity contribution in [3.63, 3.8) is 0 Å². The Morgan fingerprint density at radius 2 is 1.97 bits per heavy atom. The first-order valence-corrected chi connectivity index (χ1v) is 9.55. The standard InChI is InChI=1S/C21H19FN6O/c1-13-19(25-26-28(13)15-10-8-14(22)9-11-15)21(29)27-12-4-7-18(27)20-23-16-5-2-3-6-17(16)24-20/h2-3,5-6,8-11,18H,4,7,12H2,1H3,(H,23,24). The van der Waals surface area contributed by atoms with Crippen LogP contribution in [0.5, 0.6) is 0 Å². The summed E-state index contributed by atoms with van der Waals surface area (Å²) < 4.78 is 14.8. The first-order valence-electron chi connectivity index (χ1n) is 9.55. The highest BCUT2D eigenvalue weighted by molar-refractivity contribution is 5.93. The van der Waals surface area contributed by atoms with Crippen LogP contribution in [0.1, 0.15) is 40.9 Å². The van der Waals surface area contributed by atoms with Crippen molar-refractivity contribution < 1.29 is 9.18 Å². The quantitative estimate of drug-likeness (QED) is 0.580. The maximum absolute atomic E-state index is 13.3. The Morgan fingerprint density at radius 1 is 1.17 bits per heavy atom. The molecule has 3 heterocycles. The molecule has 146 valence electrons. The molecule has 1 saturated heterocycles. The number of fused-ring (bicyclic) bond motifs is 1. The van der Waals surface area contributed by atoms with Crippen molar-refractivity contribution in [2.24, 2.45) is 0 Å². The number of para-hydroxylation sites is 2. The fourth-order valence-electron chi connectivity index (χ4n) is 3.91. The molecule has 2 aromatic heterocycles. The van der Waals surface area contributed by atoms with Crippen LogP contribution in [0.25, 0.3) is 16.7 Å². The lowest BCUT2D eigenvalue weighted by molar-refractivity contribution is 0.0723. The molecule has 0 saturated carbocycles. The highest BCUT2D eigenvalue weighted by Gasteiger charge is 2.35. The van der Waals surface area contributed by atoms with Gasteiger partial charge in [0.05, 0.1) is 28.5 Å². The number of likely N-dealkylation sites (tertiary alicyclic amines) is 1. The molecule has 0 bridgehead atoms. The predicted molar refractivity (Wildman–Crippen MR) is 105 cm³/mol. The van der Waals surface area contributed by atoms with Gasteiger partial charge in [0.1, 0.15) is 11.6 Å². The zero-order valence-corrected chi connectivity index (χ0v) is 15.8. The number of H-pyrrole nitrogens is 1. The van der Waals surface area contributed by atoms with Gasteiger partial charge in [-0.3, -0.25) is 4.79 Å². The molecule has 1 N–H and O–H groups in total. The van der Waals surface area contributed by atoms with Crippen molar-refractivity contribution in [2.75, 3.05) is 6.54 Å². The third kappa shape index (κ3) is 2.97. The van der Waals surface area contributed by atoms with E-state index in [1.54, 1.807) is 23.7 Å². The van der Waals surface area contributed by atoms with Crippen molar-refractivity contribution in [1.29, 1.82) is 0 Å². The number of aromatic nitrogens is 5. The largest absolute Gasteiger partial charge is 0.340 e. The van der Waals surface area contributed by atoms with Crippen LogP contribution in [0.4, 0.5) is 4.39 Å². The van der Waals surface area contributed by atoms with E-state index in [0.29, 0.717) is 23.6 Å². The minimum absolute atomic E-state index is 0.120. The van der Waals surface area contributed by atoms with Crippen molar-refractivity contribution in [2.45, 2.75) is 25.8 Å². The smallest absolute Gasteiger partial charge is 0.276 e. The minimum atomic E-state index is -0.325. The molecule has 2 aromatic carbocycles. The number of amides is 1. The van der Waals surface area contributed by atoms with Gasteiger partial charge in [0, 0.05) is 6.54 Å². The monoisotopic (exact) mass is 390 g/mol. The molecule has 1 aliphatic rings. The lowest BCUT2D eigenvalue weighted by Gasteiger charge is -2.22. The van der Waals surface area contributed by atoms with Crippen LogP contribution >= 0.6 is 0 Å². The highest BCUT2D eigenvalue weighted by Crippen LogP contribution is 2.33. The molecule has 4 aromatic rings. The molecule has 29 heavy (non-hydrogen) atoms. The molecule has 0 radical (unpaired) electrons. The maximum Gasteiger partial charge on any atom is 0.276 e. The van der Waals surface area contributed by atoms with Crippen LogP contribution in [-0.2, 0) is 0 Å². The van der Waals surface area contributed by atoms with Crippen molar-refractivity contribution in [3.8, 4) is 5.69 Å². The molecule has 1 aliphatic heterocycles. The number of carbonyl (C=O) groups is 1. The zero-order chi connectivity index (χ0) is 20.0. The summed E-state index contributed by atoms with van der Waals surface area (Å²) in [6.07, 6.45) is 1.75. The molecule has 1 amide bonds. The fourth-order valence-corrected chi connectivity index (χ4v) is 3.91. The number of halogens is 1. The normalized spacial score (nSPS) is 16.6. The lowest BCUT2D eigenvalue weighted by Crippen LogP contribution is -2.32. The first kappa shape index (κ1) is 17.5. The second kappa shape index (κ2) is 6.80. The Morgan fingerprint density at radius 3 is 2.76 bits per heavy atom. The third-order valence-corrected chi connectivity index (χ3v) is 5.41. The summed E-state index contributed by atoms with van der Waals surface area (Å²) in [7, 11) is 0. The Kier molecular flexibility index (Phi) is 4.12. The first-order chi connectivity index (χ1) is 14.1. The SMILES string of the molecule is Cc1c(C(=O)N2CCCC2c2nc3ccccc3[nH]2)nnn1-c1ccc(F)cc1. The molecule has 7 nitrogen and oxygen atoms in total. The van der Waals surface area contributed by atoms with Gasteiger partial charge in [0.25, 0.3) is 5.91 Å². The van der Waals surface area contributed by atoms with Crippen LogP contribution in [0.2, 0.25) is 0 Å². The maximum atomic E-state index is 13.3. The van der Waals surface area contributed by atoms with E-state index < -0.39 is 0 Å². The molecule has 5 rings (SSSR count). The molecule has 1 atom stereocenters. The van der Waals surface area contributed by atoms with Gasteiger partial charge in [0.15, 0.2) is 5.69 Å². The number of nitrogens with zero attached hydrogens (tertiary/aromatic N) is 5. The van der Waals surface area contributed by atoms with Gasteiger partial charge < -0.3 is 9.88 Å². The van der Waals surface area contributed by atoms with Crippen LogP contribution in [-0.4, -0.2) is 42.3 Å². The Bertz CT molecular complexity index is 1160. The minimum Gasteiger partial charge on any atom is -0.340 e. The van der Waals surface area contributed by atoms with Crippen LogP contribution in [0, 0.1) is 12.7 Å². The Hall–Kier alpha value is -3.55. The summed E-state index contributed by atoms with van der Waals surface area (Å²) in [5.41, 5.74) is 3.43. The van der Waals surface area contributed by atoms with Crippen LogP contribution in [0.3, 0.4) is 0 Å². The van der Waals surface area contributed by atoms with Gasteiger partial charge in [-0.1, -0.05) is 17.3 Å². The van der Waals surface area contributed by atoms with Crippen molar-refractivity contribution in [1.82, 2.24) is 29.9 Å². The van der Waals surface area contributed by atoms with Crippen LogP contribution < -0.4 is 0 Å². The second-order valence-corrected chi connectivity index (χ2v) is 7.21. The lowest BCUT2D eigenvalue weighted by atomic mass is 10.2. The van der Waals surface area contributed by atoms with Gasteiger partial charge in [0.2, 0.25) is 0 Å². The average Bonchev–Trinajstić information content (AvgIpc) is 3.45. The highest BCUT2D eigenvalue weighted by atomic mass is 19.1. The van der Waals surface area contributed by atoms with E-state index in [1.807, 2.05) is 29.2 Å². The van der Waals surface area contributed by atoms with E-state index in [0.717, 1.165) is 29.7 Å². The average molecular weight is 390 g/mol. The third-order valence-electron chi connectivity index (χ3n) is 5.41. The fraction of sp³-hybridized carbons (Fsp3) is 0.238. The summed E-state index contributed by atoms with van der Waals surface area (Å²) in [5.74, 6) is 0.299. The summed E-state index contributed by atoms with van der Waals surface area (Å²) in [6, 6.07) is 13.6. The van der Waals surface area contributed by atoms with E-state index in [2.05, 4.69) is 20.3 Å². The van der Waals surface area contributed by atoms with E-state index in [-0.39, 0.29) is 17.8 Å². The van der Waals surface area contributed by atoms with Crippen molar-refractivity contribution >= 4 is 16.9 Å². The Balaban J connectivity index is 1.46. The predicted octanol–water partition coefficient (Wildman–Crippen LogP) is 3.57. The van der Waals surface area contributed by atoms with E-state index in [9.17, 15) is 9.18 Å². The summed E-state index contributed by atoms with van der Waals surface area (Å²) in [6.45, 7) is 2.44. The van der Waals surface area contributed by atoms with Crippen molar-refractivity contribution in [3.05, 3.63) is 71.6 Å². The number of benzene rings is 2. The summed E-state index contributed by atoms with van der Waals surface area (Å²) in [5, 5.41) is 8.24. The summed E-state index contributed by atoms with van der Waals surface area (Å²) >= 11 is 0. The number of aromatic amines is 1. The van der Waals surface area contributed by atoms with Gasteiger partial charge >= 0.3 is 0 Å². The number of nitrogens with one attached hydrogen (secondary N) is 1. The number of carbonyl (C=O) groups excluding carboxylic acids is 1. The molecule has 0 spiro atoms. The zero-order valence-electron chi connectivity index (χ0n) is 15.8. The topological polar surface area (TPSA) is 79.7 Å². The molecule has 0 aliphatic carbocycles. The van der Waals surface area contributed by atoms with E-state index in [1.165, 1.54) is 12.1 Å². The van der Waals surface area contributed by atoms with Gasteiger partial charge in [-0.25, -0.2) is 14.1 Å². The number of rotatable bonds is 3. The number of hydrogen-bond donors (Lipinski definition) is 1. The second-order valence-electron chi connectivity index (χ2n) is 7.21. The van der Waals surface area contributed by atoms with Gasteiger partial charge in [-0.15, -0.1) is 5.10 Å². The molecular weight excluding hydrogens is 371 g/mol. The van der Waals surface area contributed by atoms with Gasteiger partial charge in [-0.2, -0.15) is 0 Å². The molecule has 1 fully saturated rings. The summed E-state index contributed by atoms with van der Waals surface area (Å²) in [4.78, 5) is 23.1. The number of imidazole rings is 1. The molecular formula is C21H19FN6O. The van der Waals surface area contributed by atoms with E-state index >= 15 is 0 Å². The van der Waals surface area contributed by atoms with Crippen LogP contribution in [0.15, 0.2) is 48.5 Å². The molecule has 1 unspecified atom stereocenters. The number of hydrogen-bond acceptors (Lipinski definition) is 4. The van der Waals surface area contributed by atoms with Gasteiger partial charge in [-0.05, 0) is 56.2 Å². The van der Waals surface area contributed by atoms with E-state index in [4.69, 9.17) is 0 Å². The Labute approximate surface area is 166 Å².